The highest BCUT2D eigenvalue weighted by Gasteiger charge is 2.32. The van der Waals surface area contributed by atoms with Gasteiger partial charge in [-0.15, -0.1) is 24.8 Å². The minimum atomic E-state index is -4.82. The molecule has 0 unspecified atom stereocenters. The minimum absolute atomic E-state index is 0.0218. The Balaban J connectivity index is 3.14. The zero-order valence-corrected chi connectivity index (χ0v) is 7.93. The summed E-state index contributed by atoms with van der Waals surface area (Å²) in [6, 6.07) is 1.68. The van der Waals surface area contributed by atoms with Crippen molar-refractivity contribution in [2.75, 3.05) is 0 Å². The number of nitrogens with zero attached hydrogens (tertiary/aromatic N) is 2. The molecule has 0 spiro atoms. The second-order valence-electron chi connectivity index (χ2n) is 2.46. The molecular formula is C8H4ClF3N2O. The molecular weight excluding hydrogens is 233 g/mol. The van der Waals surface area contributed by atoms with E-state index in [1.807, 2.05) is 0 Å². The Morgan fingerprint density at radius 1 is 1.47 bits per heavy atom. The number of hydrogen-bond acceptors (Lipinski definition) is 3. The number of alkyl halides is 4. The summed E-state index contributed by atoms with van der Waals surface area (Å²) in [5.74, 6) is -0.798. The van der Waals surface area contributed by atoms with E-state index in [-0.39, 0.29) is 17.0 Å². The fourth-order valence-electron chi connectivity index (χ4n) is 0.915. The van der Waals surface area contributed by atoms with Crippen molar-refractivity contribution in [1.82, 2.24) is 4.98 Å². The Hall–Kier alpha value is -1.48. The lowest BCUT2D eigenvalue weighted by Gasteiger charge is -2.11. The van der Waals surface area contributed by atoms with Gasteiger partial charge in [-0.05, 0) is 0 Å². The first-order chi connectivity index (χ1) is 6.98. The summed E-state index contributed by atoms with van der Waals surface area (Å²) >= 11 is 5.42. The first-order valence-electron chi connectivity index (χ1n) is 3.66. The molecule has 3 nitrogen and oxygen atoms in total. The summed E-state index contributed by atoms with van der Waals surface area (Å²) in [5, 5.41) is 8.59. The summed E-state index contributed by atoms with van der Waals surface area (Å²) in [5.41, 5.74) is -0.0572. The van der Waals surface area contributed by atoms with Gasteiger partial charge in [-0.3, -0.25) is 4.98 Å². The molecule has 0 saturated heterocycles. The predicted molar refractivity (Wildman–Crippen MR) is 45.2 cm³/mol. The molecule has 0 aliphatic rings. The van der Waals surface area contributed by atoms with Crippen LogP contribution in [0.2, 0.25) is 0 Å². The molecule has 0 aromatic carbocycles. The van der Waals surface area contributed by atoms with Gasteiger partial charge in [0.15, 0.2) is 5.75 Å². The number of halogens is 4. The van der Waals surface area contributed by atoms with Crippen molar-refractivity contribution in [2.24, 2.45) is 0 Å². The van der Waals surface area contributed by atoms with E-state index < -0.39 is 12.1 Å². The van der Waals surface area contributed by atoms with Crippen molar-refractivity contribution < 1.29 is 17.9 Å². The van der Waals surface area contributed by atoms with Crippen LogP contribution in [-0.4, -0.2) is 11.3 Å². The van der Waals surface area contributed by atoms with Gasteiger partial charge < -0.3 is 4.74 Å². The van der Waals surface area contributed by atoms with E-state index in [0.29, 0.717) is 0 Å². The van der Waals surface area contributed by atoms with Gasteiger partial charge in [-0.1, -0.05) is 0 Å². The zero-order valence-electron chi connectivity index (χ0n) is 7.18. The molecule has 0 N–H and O–H groups in total. The van der Waals surface area contributed by atoms with E-state index in [4.69, 9.17) is 16.9 Å². The number of pyridine rings is 1. The van der Waals surface area contributed by atoms with Gasteiger partial charge in [0.1, 0.15) is 6.07 Å². The lowest BCUT2D eigenvalue weighted by molar-refractivity contribution is -0.275. The largest absolute Gasteiger partial charge is 0.573 e. The second kappa shape index (κ2) is 4.36. The maximum Gasteiger partial charge on any atom is 0.573 e. The van der Waals surface area contributed by atoms with Crippen LogP contribution in [0.25, 0.3) is 0 Å². The standard InChI is InChI=1S/C8H4ClF3N2O/c9-1-6-5(2-13)3-14-4-7(6)15-8(10,11)12/h3-4H,1H2. The fraction of sp³-hybridized carbons (Fsp3) is 0.250. The summed E-state index contributed by atoms with van der Waals surface area (Å²) in [6.45, 7) is 0. The van der Waals surface area contributed by atoms with E-state index in [0.717, 1.165) is 12.4 Å². The van der Waals surface area contributed by atoms with Crippen LogP contribution < -0.4 is 4.74 Å². The summed E-state index contributed by atoms with van der Waals surface area (Å²) < 4.78 is 39.4. The fourth-order valence-corrected chi connectivity index (χ4v) is 1.19. The predicted octanol–water partition coefficient (Wildman–Crippen LogP) is 2.59. The first kappa shape index (κ1) is 11.6. The monoisotopic (exact) mass is 236 g/mol. The molecule has 1 heterocycles. The molecule has 15 heavy (non-hydrogen) atoms. The average Bonchev–Trinajstić information content (AvgIpc) is 2.15. The third kappa shape index (κ3) is 2.99. The molecule has 1 aromatic rings. The zero-order chi connectivity index (χ0) is 11.5. The quantitative estimate of drug-likeness (QED) is 0.742. The van der Waals surface area contributed by atoms with Crippen molar-refractivity contribution in [3.8, 4) is 11.8 Å². The lowest BCUT2D eigenvalue weighted by atomic mass is 10.1. The highest BCUT2D eigenvalue weighted by Crippen LogP contribution is 2.28. The normalized spacial score (nSPS) is 10.9. The summed E-state index contributed by atoms with van der Waals surface area (Å²) in [4.78, 5) is 3.44. The van der Waals surface area contributed by atoms with Crippen molar-refractivity contribution in [2.45, 2.75) is 12.2 Å². The molecule has 0 saturated carbocycles. The first-order valence-corrected chi connectivity index (χ1v) is 4.20. The maximum absolute atomic E-state index is 11.9. The highest BCUT2D eigenvalue weighted by atomic mass is 35.5. The Morgan fingerprint density at radius 2 is 2.13 bits per heavy atom. The number of hydrogen-bond donors (Lipinski definition) is 0. The molecule has 1 rings (SSSR count). The summed E-state index contributed by atoms with van der Waals surface area (Å²) in [7, 11) is 0. The Bertz CT molecular complexity index is 400. The van der Waals surface area contributed by atoms with Crippen LogP contribution >= 0.6 is 11.6 Å². The molecule has 0 fully saturated rings. The third-order valence-electron chi connectivity index (χ3n) is 1.50. The lowest BCUT2D eigenvalue weighted by Crippen LogP contribution is -2.18. The number of ether oxygens (including phenoxy) is 1. The smallest absolute Gasteiger partial charge is 0.404 e. The van der Waals surface area contributed by atoms with Gasteiger partial charge in [-0.2, -0.15) is 5.26 Å². The highest BCUT2D eigenvalue weighted by molar-refractivity contribution is 6.17. The Morgan fingerprint density at radius 3 is 2.60 bits per heavy atom. The third-order valence-corrected chi connectivity index (χ3v) is 1.77. The van der Waals surface area contributed by atoms with Crippen molar-refractivity contribution in [3.05, 3.63) is 23.5 Å². The van der Waals surface area contributed by atoms with Crippen molar-refractivity contribution in [3.63, 3.8) is 0 Å². The molecule has 0 bridgehead atoms. The van der Waals surface area contributed by atoms with Gasteiger partial charge in [0.05, 0.1) is 17.6 Å². The SMILES string of the molecule is N#Cc1cncc(OC(F)(F)F)c1CCl. The Kier molecular flexibility index (Phi) is 3.37. The van der Waals surface area contributed by atoms with E-state index in [9.17, 15) is 13.2 Å². The van der Waals surface area contributed by atoms with Crippen molar-refractivity contribution >= 4 is 11.6 Å². The van der Waals surface area contributed by atoms with Crippen LogP contribution in [-0.2, 0) is 5.88 Å². The maximum atomic E-state index is 11.9. The van der Waals surface area contributed by atoms with Gasteiger partial charge in [0.2, 0.25) is 0 Å². The second-order valence-corrected chi connectivity index (χ2v) is 2.72. The number of rotatable bonds is 2. The minimum Gasteiger partial charge on any atom is -0.404 e. The van der Waals surface area contributed by atoms with Crippen LogP contribution in [0.4, 0.5) is 13.2 Å². The molecule has 7 heteroatoms. The van der Waals surface area contributed by atoms with Crippen LogP contribution in [0.5, 0.6) is 5.75 Å². The van der Waals surface area contributed by atoms with E-state index in [1.165, 1.54) is 0 Å². The van der Waals surface area contributed by atoms with E-state index >= 15 is 0 Å². The van der Waals surface area contributed by atoms with Crippen LogP contribution in [0, 0.1) is 11.3 Å². The molecule has 80 valence electrons. The van der Waals surface area contributed by atoms with Crippen LogP contribution in [0.3, 0.4) is 0 Å². The molecule has 0 amide bonds. The van der Waals surface area contributed by atoms with Gasteiger partial charge in [0.25, 0.3) is 0 Å². The van der Waals surface area contributed by atoms with Gasteiger partial charge >= 0.3 is 6.36 Å². The van der Waals surface area contributed by atoms with Crippen LogP contribution in [0.15, 0.2) is 12.4 Å². The molecule has 1 aromatic heterocycles. The topological polar surface area (TPSA) is 45.9 Å². The number of nitriles is 1. The Labute approximate surface area is 88.1 Å². The molecule has 0 radical (unpaired) electrons. The molecule has 0 aliphatic carbocycles. The number of aromatic nitrogens is 1. The summed E-state index contributed by atoms with van der Waals surface area (Å²) in [6.07, 6.45) is -2.83. The van der Waals surface area contributed by atoms with E-state index in [1.54, 1.807) is 6.07 Å². The average molecular weight is 237 g/mol. The van der Waals surface area contributed by atoms with Gasteiger partial charge in [0, 0.05) is 11.8 Å². The van der Waals surface area contributed by atoms with Gasteiger partial charge in [-0.25, -0.2) is 0 Å². The van der Waals surface area contributed by atoms with E-state index in [2.05, 4.69) is 9.72 Å². The van der Waals surface area contributed by atoms with Crippen LogP contribution in [0.1, 0.15) is 11.1 Å². The van der Waals surface area contributed by atoms with Crippen molar-refractivity contribution in [1.29, 1.82) is 5.26 Å². The molecule has 0 atom stereocenters. The molecule has 0 aliphatic heterocycles.